The molecule has 0 saturated carbocycles. The van der Waals surface area contributed by atoms with E-state index in [4.69, 9.17) is 9.47 Å². The van der Waals surface area contributed by atoms with Gasteiger partial charge in [-0.3, -0.25) is 0 Å². The molecular formula is C12H10F4O2. The number of benzene rings is 1. The van der Waals surface area contributed by atoms with Crippen LogP contribution in [0.4, 0.5) is 17.6 Å². The summed E-state index contributed by atoms with van der Waals surface area (Å²) in [6, 6.07) is 1.36. The number of alkyl halides is 3. The maximum absolute atomic E-state index is 13.7. The zero-order valence-corrected chi connectivity index (χ0v) is 9.64. The molecule has 1 aromatic carbocycles. The molecule has 0 radical (unpaired) electrons. The van der Waals surface area contributed by atoms with E-state index in [9.17, 15) is 17.6 Å². The molecule has 6 heteroatoms. The first-order valence-electron chi connectivity index (χ1n) is 5.45. The molecule has 2 aliphatic heterocycles. The molecule has 3 rings (SSSR count). The summed E-state index contributed by atoms with van der Waals surface area (Å²) in [5.41, 5.74) is -1.60. The topological polar surface area (TPSA) is 21.8 Å². The van der Waals surface area contributed by atoms with Crippen LogP contribution in [0.15, 0.2) is 12.1 Å². The Hall–Kier alpha value is -1.30. The fourth-order valence-electron chi connectivity index (χ4n) is 2.30. The summed E-state index contributed by atoms with van der Waals surface area (Å²) in [5.74, 6) is -1.13. The standard InChI is InChI=1S/C12H10F4O2/c1-11(2)10-9(17-10)6-3-5(12(14,15)16)4-7(13)8(6)18-11/h3-4,9-10H,1-2H3/t9-,10-/m1/s1. The average molecular weight is 262 g/mol. The molecule has 98 valence electrons. The number of ether oxygens (including phenoxy) is 2. The number of epoxide rings is 1. The van der Waals surface area contributed by atoms with Crippen LogP contribution in [0, 0.1) is 5.82 Å². The van der Waals surface area contributed by atoms with E-state index in [2.05, 4.69) is 0 Å². The predicted octanol–water partition coefficient (Wildman–Crippen LogP) is 3.46. The second kappa shape index (κ2) is 3.17. The average Bonchev–Trinajstić information content (AvgIpc) is 2.98. The highest BCUT2D eigenvalue weighted by atomic mass is 19.4. The Morgan fingerprint density at radius 1 is 1.22 bits per heavy atom. The van der Waals surface area contributed by atoms with Gasteiger partial charge in [-0.15, -0.1) is 0 Å². The van der Waals surface area contributed by atoms with Crippen LogP contribution in [0.3, 0.4) is 0 Å². The minimum Gasteiger partial charge on any atom is -0.482 e. The lowest BCUT2D eigenvalue weighted by Gasteiger charge is -2.30. The molecule has 2 nitrogen and oxygen atoms in total. The lowest BCUT2D eigenvalue weighted by atomic mass is 9.93. The molecule has 2 aliphatic rings. The Morgan fingerprint density at radius 3 is 2.50 bits per heavy atom. The minimum atomic E-state index is -4.58. The molecule has 0 amide bonds. The first-order chi connectivity index (χ1) is 8.20. The van der Waals surface area contributed by atoms with E-state index in [1.165, 1.54) is 0 Å². The van der Waals surface area contributed by atoms with E-state index >= 15 is 0 Å². The van der Waals surface area contributed by atoms with Gasteiger partial charge in [-0.05, 0) is 26.0 Å². The lowest BCUT2D eigenvalue weighted by Crippen LogP contribution is -2.38. The number of halogens is 4. The Kier molecular flexibility index (Phi) is 2.07. The van der Waals surface area contributed by atoms with Crippen molar-refractivity contribution in [1.29, 1.82) is 0 Å². The van der Waals surface area contributed by atoms with Crippen molar-refractivity contribution in [2.24, 2.45) is 0 Å². The molecule has 1 saturated heterocycles. The van der Waals surface area contributed by atoms with Crippen LogP contribution in [0.1, 0.15) is 31.1 Å². The maximum Gasteiger partial charge on any atom is 0.416 e. The van der Waals surface area contributed by atoms with Gasteiger partial charge >= 0.3 is 6.18 Å². The summed E-state index contributed by atoms with van der Waals surface area (Å²) in [6.45, 7) is 3.44. The highest BCUT2D eigenvalue weighted by molar-refractivity contribution is 5.46. The molecule has 0 bridgehead atoms. The summed E-state index contributed by atoms with van der Waals surface area (Å²) < 4.78 is 62.2. The van der Waals surface area contributed by atoms with Crippen LogP contribution in [0.25, 0.3) is 0 Å². The molecule has 0 aromatic heterocycles. The van der Waals surface area contributed by atoms with Crippen molar-refractivity contribution in [3.63, 3.8) is 0 Å². The summed E-state index contributed by atoms with van der Waals surface area (Å²) >= 11 is 0. The molecule has 0 spiro atoms. The molecule has 0 aliphatic carbocycles. The summed E-state index contributed by atoms with van der Waals surface area (Å²) in [4.78, 5) is 0. The van der Waals surface area contributed by atoms with Gasteiger partial charge in [0, 0.05) is 5.56 Å². The minimum absolute atomic E-state index is 0.133. The highest BCUT2D eigenvalue weighted by Gasteiger charge is 2.57. The smallest absolute Gasteiger partial charge is 0.416 e. The highest BCUT2D eigenvalue weighted by Crippen LogP contribution is 2.55. The van der Waals surface area contributed by atoms with Crippen LogP contribution in [-0.2, 0) is 10.9 Å². The third-order valence-electron chi connectivity index (χ3n) is 3.25. The molecule has 2 atom stereocenters. The van der Waals surface area contributed by atoms with Crippen LogP contribution < -0.4 is 4.74 Å². The molecular weight excluding hydrogens is 252 g/mol. The number of hydrogen-bond donors (Lipinski definition) is 0. The SMILES string of the molecule is CC1(C)Oc2c(F)cc(C(F)(F)F)cc2[C@H]2O[C@H]21. The van der Waals surface area contributed by atoms with Crippen molar-refractivity contribution in [3.05, 3.63) is 29.1 Å². The Bertz CT molecular complexity index is 522. The maximum atomic E-state index is 13.7. The van der Waals surface area contributed by atoms with Crippen LogP contribution in [0.5, 0.6) is 5.75 Å². The fourth-order valence-corrected chi connectivity index (χ4v) is 2.30. The molecule has 2 heterocycles. The zero-order chi connectivity index (χ0) is 13.3. The van der Waals surface area contributed by atoms with Gasteiger partial charge in [0.2, 0.25) is 0 Å². The molecule has 18 heavy (non-hydrogen) atoms. The van der Waals surface area contributed by atoms with E-state index in [0.717, 1.165) is 6.07 Å². The molecule has 1 fully saturated rings. The zero-order valence-electron chi connectivity index (χ0n) is 9.64. The lowest BCUT2D eigenvalue weighted by molar-refractivity contribution is -0.137. The third-order valence-corrected chi connectivity index (χ3v) is 3.25. The Balaban J connectivity index is 2.12. The van der Waals surface area contributed by atoms with Crippen molar-refractivity contribution in [3.8, 4) is 5.75 Å². The normalized spacial score (nSPS) is 28.1. The van der Waals surface area contributed by atoms with Gasteiger partial charge in [-0.2, -0.15) is 13.2 Å². The summed E-state index contributed by atoms with van der Waals surface area (Å²) in [5, 5.41) is 0. The van der Waals surface area contributed by atoms with Crippen molar-refractivity contribution < 1.29 is 27.0 Å². The van der Waals surface area contributed by atoms with Gasteiger partial charge in [0.15, 0.2) is 11.6 Å². The van der Waals surface area contributed by atoms with Gasteiger partial charge in [-0.1, -0.05) is 0 Å². The van der Waals surface area contributed by atoms with Crippen LogP contribution in [0.2, 0.25) is 0 Å². The van der Waals surface area contributed by atoms with Crippen molar-refractivity contribution in [2.45, 2.75) is 37.8 Å². The number of rotatable bonds is 0. The second-order valence-electron chi connectivity index (χ2n) is 5.06. The van der Waals surface area contributed by atoms with Crippen molar-refractivity contribution >= 4 is 0 Å². The van der Waals surface area contributed by atoms with Gasteiger partial charge in [0.1, 0.15) is 17.8 Å². The number of fused-ring (bicyclic) bond motifs is 3. The second-order valence-corrected chi connectivity index (χ2v) is 5.06. The van der Waals surface area contributed by atoms with Crippen LogP contribution >= 0.6 is 0 Å². The largest absolute Gasteiger partial charge is 0.482 e. The third kappa shape index (κ3) is 1.59. The van der Waals surface area contributed by atoms with E-state index in [0.29, 0.717) is 6.07 Å². The monoisotopic (exact) mass is 262 g/mol. The Morgan fingerprint density at radius 2 is 1.89 bits per heavy atom. The molecule has 1 aromatic rings. The first kappa shape index (κ1) is 11.8. The van der Waals surface area contributed by atoms with E-state index < -0.39 is 29.3 Å². The van der Waals surface area contributed by atoms with E-state index in [-0.39, 0.29) is 17.4 Å². The first-order valence-corrected chi connectivity index (χ1v) is 5.45. The van der Waals surface area contributed by atoms with Crippen LogP contribution in [-0.4, -0.2) is 11.7 Å². The summed E-state index contributed by atoms with van der Waals surface area (Å²) in [6.07, 6.45) is -5.39. The quantitative estimate of drug-likeness (QED) is 0.527. The fraction of sp³-hybridized carbons (Fsp3) is 0.500. The van der Waals surface area contributed by atoms with Gasteiger partial charge in [-0.25, -0.2) is 4.39 Å². The van der Waals surface area contributed by atoms with E-state index in [1.54, 1.807) is 13.8 Å². The van der Waals surface area contributed by atoms with Crippen molar-refractivity contribution in [1.82, 2.24) is 0 Å². The molecule has 0 N–H and O–H groups in total. The number of hydrogen-bond acceptors (Lipinski definition) is 2. The predicted molar refractivity (Wildman–Crippen MR) is 53.7 cm³/mol. The summed E-state index contributed by atoms with van der Waals surface area (Å²) in [7, 11) is 0. The Labute approximate surface area is 100 Å². The molecule has 0 unspecified atom stereocenters. The van der Waals surface area contributed by atoms with Gasteiger partial charge in [0.05, 0.1) is 5.56 Å². The van der Waals surface area contributed by atoms with E-state index in [1.807, 2.05) is 0 Å². The van der Waals surface area contributed by atoms with Gasteiger partial charge < -0.3 is 9.47 Å². The van der Waals surface area contributed by atoms with Gasteiger partial charge in [0.25, 0.3) is 0 Å². The van der Waals surface area contributed by atoms with Crippen molar-refractivity contribution in [2.75, 3.05) is 0 Å².